The van der Waals surface area contributed by atoms with Crippen molar-refractivity contribution in [1.29, 1.82) is 0 Å². The number of halogens is 1. The summed E-state index contributed by atoms with van der Waals surface area (Å²) in [4.78, 5) is 14.6. The maximum absolute atomic E-state index is 13.2. The summed E-state index contributed by atoms with van der Waals surface area (Å²) in [5.41, 5.74) is 1.83. The Morgan fingerprint density at radius 2 is 1.92 bits per heavy atom. The highest BCUT2D eigenvalue weighted by Crippen LogP contribution is 2.25. The molecule has 0 bridgehead atoms. The maximum Gasteiger partial charge on any atom is 0.227 e. The van der Waals surface area contributed by atoms with Crippen molar-refractivity contribution in [3.8, 4) is 5.75 Å². The monoisotopic (exact) mass is 343 g/mol. The molecule has 0 saturated carbocycles. The van der Waals surface area contributed by atoms with E-state index in [1.54, 1.807) is 12.1 Å². The van der Waals surface area contributed by atoms with Crippen LogP contribution in [0.4, 0.5) is 4.39 Å². The second-order valence-electron chi connectivity index (χ2n) is 5.98. The van der Waals surface area contributed by atoms with Crippen LogP contribution in [0.2, 0.25) is 0 Å². The number of benzene rings is 2. The molecule has 1 saturated heterocycles. The van der Waals surface area contributed by atoms with E-state index in [4.69, 9.17) is 9.47 Å². The van der Waals surface area contributed by atoms with Gasteiger partial charge in [-0.05, 0) is 42.3 Å². The van der Waals surface area contributed by atoms with E-state index in [1.165, 1.54) is 12.1 Å². The van der Waals surface area contributed by atoms with Gasteiger partial charge in [-0.2, -0.15) is 0 Å². The lowest BCUT2D eigenvalue weighted by molar-refractivity contribution is -0.139. The van der Waals surface area contributed by atoms with Crippen molar-refractivity contribution in [2.24, 2.45) is 0 Å². The number of hydrogen-bond acceptors (Lipinski definition) is 3. The number of carbonyl (C=O) groups is 1. The number of ether oxygens (including phenoxy) is 2. The molecule has 1 atom stereocenters. The average molecular weight is 343 g/mol. The largest absolute Gasteiger partial charge is 0.494 e. The van der Waals surface area contributed by atoms with Crippen LogP contribution in [0.1, 0.15) is 24.1 Å². The average Bonchev–Trinajstić information content (AvgIpc) is 2.64. The molecule has 1 fully saturated rings. The van der Waals surface area contributed by atoms with Crippen molar-refractivity contribution in [3.63, 3.8) is 0 Å². The highest BCUT2D eigenvalue weighted by atomic mass is 19.1. The second kappa shape index (κ2) is 8.12. The molecule has 1 amide bonds. The SMILES string of the molecule is CCOc1ccc(CC(=O)N2CCOCC2c2ccc(F)cc2)cc1. The minimum Gasteiger partial charge on any atom is -0.494 e. The van der Waals surface area contributed by atoms with Crippen molar-refractivity contribution >= 4 is 5.91 Å². The standard InChI is InChI=1S/C20H22FNO3/c1-2-25-18-9-3-15(4-10-18)13-20(23)22-11-12-24-14-19(22)16-5-7-17(21)8-6-16/h3-10,19H,2,11-14H2,1H3. The Labute approximate surface area is 147 Å². The quantitative estimate of drug-likeness (QED) is 0.835. The van der Waals surface area contributed by atoms with Gasteiger partial charge in [0, 0.05) is 6.54 Å². The summed E-state index contributed by atoms with van der Waals surface area (Å²) in [5.74, 6) is 0.559. The first-order chi connectivity index (χ1) is 12.2. The highest BCUT2D eigenvalue weighted by molar-refractivity contribution is 5.79. The van der Waals surface area contributed by atoms with Gasteiger partial charge >= 0.3 is 0 Å². The van der Waals surface area contributed by atoms with Crippen LogP contribution in [0, 0.1) is 5.82 Å². The minimum absolute atomic E-state index is 0.0433. The van der Waals surface area contributed by atoms with Crippen molar-refractivity contribution in [3.05, 3.63) is 65.5 Å². The van der Waals surface area contributed by atoms with Gasteiger partial charge in [-0.3, -0.25) is 4.79 Å². The Kier molecular flexibility index (Phi) is 5.66. The first kappa shape index (κ1) is 17.4. The first-order valence-corrected chi connectivity index (χ1v) is 8.52. The van der Waals surface area contributed by atoms with E-state index in [9.17, 15) is 9.18 Å². The van der Waals surface area contributed by atoms with Gasteiger partial charge in [0.05, 0.1) is 32.3 Å². The number of hydrogen-bond donors (Lipinski definition) is 0. The summed E-state index contributed by atoms with van der Waals surface area (Å²) < 4.78 is 24.1. The molecule has 4 nitrogen and oxygen atoms in total. The molecule has 1 aliphatic heterocycles. The number of rotatable bonds is 5. The van der Waals surface area contributed by atoms with E-state index in [2.05, 4.69) is 0 Å². The predicted octanol–water partition coefficient (Wildman–Crippen LogP) is 3.37. The lowest BCUT2D eigenvalue weighted by Crippen LogP contribution is -2.44. The summed E-state index contributed by atoms with van der Waals surface area (Å²) in [6.07, 6.45) is 0.324. The van der Waals surface area contributed by atoms with Crippen LogP contribution in [0.3, 0.4) is 0 Å². The molecular formula is C20H22FNO3. The number of carbonyl (C=O) groups excluding carboxylic acids is 1. The molecule has 25 heavy (non-hydrogen) atoms. The van der Waals surface area contributed by atoms with E-state index in [0.717, 1.165) is 16.9 Å². The fourth-order valence-electron chi connectivity index (χ4n) is 3.01. The fourth-order valence-corrected chi connectivity index (χ4v) is 3.01. The smallest absolute Gasteiger partial charge is 0.227 e. The van der Waals surface area contributed by atoms with Crippen LogP contribution in [0.5, 0.6) is 5.75 Å². The van der Waals surface area contributed by atoms with Crippen LogP contribution >= 0.6 is 0 Å². The molecule has 1 unspecified atom stereocenters. The maximum atomic E-state index is 13.2. The van der Waals surface area contributed by atoms with Gasteiger partial charge < -0.3 is 14.4 Å². The van der Waals surface area contributed by atoms with Crippen molar-refractivity contribution in [2.75, 3.05) is 26.4 Å². The molecule has 1 aliphatic rings. The van der Waals surface area contributed by atoms with Crippen LogP contribution in [0.25, 0.3) is 0 Å². The molecule has 0 N–H and O–H groups in total. The highest BCUT2D eigenvalue weighted by Gasteiger charge is 2.28. The Morgan fingerprint density at radius 1 is 1.20 bits per heavy atom. The molecule has 5 heteroatoms. The predicted molar refractivity (Wildman–Crippen MR) is 93.0 cm³/mol. The lowest BCUT2D eigenvalue weighted by atomic mass is 10.0. The second-order valence-corrected chi connectivity index (χ2v) is 5.98. The van der Waals surface area contributed by atoms with Gasteiger partial charge in [0.2, 0.25) is 5.91 Å². The number of nitrogens with zero attached hydrogens (tertiary/aromatic N) is 1. The summed E-state index contributed by atoms with van der Waals surface area (Å²) in [5, 5.41) is 0. The Bertz CT molecular complexity index is 700. The molecule has 2 aromatic rings. The lowest BCUT2D eigenvalue weighted by Gasteiger charge is -2.36. The first-order valence-electron chi connectivity index (χ1n) is 8.52. The Morgan fingerprint density at radius 3 is 2.60 bits per heavy atom. The van der Waals surface area contributed by atoms with Crippen LogP contribution in [0.15, 0.2) is 48.5 Å². The molecule has 0 radical (unpaired) electrons. The zero-order chi connectivity index (χ0) is 17.6. The van der Waals surface area contributed by atoms with Gasteiger partial charge in [-0.15, -0.1) is 0 Å². The van der Waals surface area contributed by atoms with Crippen LogP contribution < -0.4 is 4.74 Å². The Balaban J connectivity index is 1.71. The minimum atomic E-state index is -0.284. The van der Waals surface area contributed by atoms with Gasteiger partial charge in [-0.25, -0.2) is 4.39 Å². The van der Waals surface area contributed by atoms with Gasteiger partial charge in [-0.1, -0.05) is 24.3 Å². The van der Waals surface area contributed by atoms with Gasteiger partial charge in [0.15, 0.2) is 0 Å². The zero-order valence-electron chi connectivity index (χ0n) is 14.3. The molecular weight excluding hydrogens is 321 g/mol. The molecule has 0 aliphatic carbocycles. The van der Waals surface area contributed by atoms with Crippen LogP contribution in [-0.2, 0) is 16.0 Å². The molecule has 2 aromatic carbocycles. The fraction of sp³-hybridized carbons (Fsp3) is 0.350. The molecule has 132 valence electrons. The number of amides is 1. The normalized spacial score (nSPS) is 17.4. The van der Waals surface area contributed by atoms with E-state index < -0.39 is 0 Å². The van der Waals surface area contributed by atoms with Crippen molar-refractivity contribution in [2.45, 2.75) is 19.4 Å². The molecule has 0 aromatic heterocycles. The van der Waals surface area contributed by atoms with E-state index in [1.807, 2.05) is 36.1 Å². The zero-order valence-corrected chi connectivity index (χ0v) is 14.3. The summed E-state index contributed by atoms with van der Waals surface area (Å²) in [7, 11) is 0. The van der Waals surface area contributed by atoms with Crippen LogP contribution in [-0.4, -0.2) is 37.2 Å². The van der Waals surface area contributed by atoms with Crippen molar-refractivity contribution in [1.82, 2.24) is 4.90 Å². The third-order valence-corrected chi connectivity index (χ3v) is 4.29. The summed E-state index contributed by atoms with van der Waals surface area (Å²) >= 11 is 0. The molecule has 3 rings (SSSR count). The summed E-state index contributed by atoms with van der Waals surface area (Å²) in [6, 6.07) is 13.7. The van der Waals surface area contributed by atoms with Crippen molar-refractivity contribution < 1.29 is 18.7 Å². The van der Waals surface area contributed by atoms with E-state index in [0.29, 0.717) is 32.8 Å². The van der Waals surface area contributed by atoms with E-state index in [-0.39, 0.29) is 17.8 Å². The Hall–Kier alpha value is -2.40. The molecule has 0 spiro atoms. The third-order valence-electron chi connectivity index (χ3n) is 4.29. The van der Waals surface area contributed by atoms with E-state index >= 15 is 0 Å². The molecule has 1 heterocycles. The van der Waals surface area contributed by atoms with Gasteiger partial charge in [0.25, 0.3) is 0 Å². The third kappa shape index (κ3) is 4.37. The van der Waals surface area contributed by atoms with Gasteiger partial charge in [0.1, 0.15) is 11.6 Å². The summed E-state index contributed by atoms with van der Waals surface area (Å²) in [6.45, 7) is 4.04. The topological polar surface area (TPSA) is 38.8 Å². The number of morpholine rings is 1.